The summed E-state index contributed by atoms with van der Waals surface area (Å²) in [7, 11) is 1.66. The highest BCUT2D eigenvalue weighted by Crippen LogP contribution is 2.36. The first-order chi connectivity index (χ1) is 10.2. The molecule has 0 spiro atoms. The van der Waals surface area contributed by atoms with E-state index in [9.17, 15) is 4.39 Å². The van der Waals surface area contributed by atoms with Crippen LogP contribution in [0.4, 0.5) is 4.39 Å². The molecular formula is C17H20FNOS. The van der Waals surface area contributed by atoms with E-state index >= 15 is 0 Å². The molecule has 112 valence electrons. The topological polar surface area (TPSA) is 21.3 Å². The Bertz CT molecular complexity index is 589. The summed E-state index contributed by atoms with van der Waals surface area (Å²) in [6.07, 6.45) is 1.06. The van der Waals surface area contributed by atoms with Crippen molar-refractivity contribution in [2.24, 2.45) is 0 Å². The van der Waals surface area contributed by atoms with E-state index in [0.717, 1.165) is 34.1 Å². The molecule has 2 aromatic carbocycles. The minimum absolute atomic E-state index is 0.201. The maximum atomic E-state index is 13.5. The largest absolute Gasteiger partial charge is 0.496 e. The van der Waals surface area contributed by atoms with E-state index in [1.807, 2.05) is 30.3 Å². The monoisotopic (exact) mass is 305 g/mol. The third kappa shape index (κ3) is 4.48. The first-order valence-corrected chi connectivity index (χ1v) is 7.86. The first kappa shape index (κ1) is 15.9. The fourth-order valence-electron chi connectivity index (χ4n) is 2.01. The number of halogens is 1. The molecule has 0 aliphatic carbocycles. The first-order valence-electron chi connectivity index (χ1n) is 7.04. The van der Waals surface area contributed by atoms with Crippen molar-refractivity contribution in [3.63, 3.8) is 0 Å². The van der Waals surface area contributed by atoms with Gasteiger partial charge in [-0.2, -0.15) is 0 Å². The van der Waals surface area contributed by atoms with E-state index in [-0.39, 0.29) is 5.82 Å². The molecule has 0 radical (unpaired) electrons. The lowest BCUT2D eigenvalue weighted by molar-refractivity contribution is 0.405. The molecule has 2 nitrogen and oxygen atoms in total. The minimum atomic E-state index is -0.201. The molecule has 0 aliphatic rings. The summed E-state index contributed by atoms with van der Waals surface area (Å²) >= 11 is 1.60. The van der Waals surface area contributed by atoms with Crippen LogP contribution in [0.15, 0.2) is 52.3 Å². The third-order valence-electron chi connectivity index (χ3n) is 3.05. The molecule has 0 saturated carbocycles. The summed E-state index contributed by atoms with van der Waals surface area (Å²) in [4.78, 5) is 2.08. The Morgan fingerprint density at radius 3 is 2.71 bits per heavy atom. The number of hydrogen-bond acceptors (Lipinski definition) is 3. The molecule has 0 aliphatic heterocycles. The quantitative estimate of drug-likeness (QED) is 0.762. The zero-order chi connectivity index (χ0) is 15.1. The normalized spacial score (nSPS) is 10.6. The van der Waals surface area contributed by atoms with E-state index in [1.165, 1.54) is 6.07 Å². The second-order valence-electron chi connectivity index (χ2n) is 4.68. The Morgan fingerprint density at radius 1 is 1.14 bits per heavy atom. The van der Waals surface area contributed by atoms with Crippen LogP contribution in [-0.4, -0.2) is 13.7 Å². The molecule has 0 heterocycles. The van der Waals surface area contributed by atoms with Crippen LogP contribution < -0.4 is 10.1 Å². The highest BCUT2D eigenvalue weighted by atomic mass is 32.2. The lowest BCUT2D eigenvalue weighted by Crippen LogP contribution is -2.14. The predicted molar refractivity (Wildman–Crippen MR) is 85.5 cm³/mol. The van der Waals surface area contributed by atoms with E-state index in [1.54, 1.807) is 24.9 Å². The molecule has 0 saturated heterocycles. The number of benzene rings is 2. The van der Waals surface area contributed by atoms with E-state index in [2.05, 4.69) is 12.2 Å². The van der Waals surface area contributed by atoms with Gasteiger partial charge in [0.2, 0.25) is 0 Å². The van der Waals surface area contributed by atoms with Gasteiger partial charge in [0.05, 0.1) is 12.0 Å². The van der Waals surface area contributed by atoms with Crippen LogP contribution in [0, 0.1) is 5.82 Å². The van der Waals surface area contributed by atoms with Crippen LogP contribution in [0.5, 0.6) is 5.75 Å². The number of nitrogens with one attached hydrogen (secondary N) is 1. The van der Waals surface area contributed by atoms with Gasteiger partial charge in [-0.15, -0.1) is 0 Å². The van der Waals surface area contributed by atoms with Gasteiger partial charge < -0.3 is 10.1 Å². The average molecular weight is 305 g/mol. The summed E-state index contributed by atoms with van der Waals surface area (Å²) in [5.41, 5.74) is 0.972. The van der Waals surface area contributed by atoms with Crippen LogP contribution in [0.25, 0.3) is 0 Å². The summed E-state index contributed by atoms with van der Waals surface area (Å²) in [5, 5.41) is 3.32. The molecule has 0 aromatic heterocycles. The molecule has 4 heteroatoms. The Kier molecular flexibility index (Phi) is 6.08. The molecule has 21 heavy (non-hydrogen) atoms. The van der Waals surface area contributed by atoms with E-state index < -0.39 is 0 Å². The van der Waals surface area contributed by atoms with Crippen LogP contribution in [0.1, 0.15) is 18.9 Å². The summed E-state index contributed by atoms with van der Waals surface area (Å²) in [6, 6.07) is 12.8. The number of hydrogen-bond donors (Lipinski definition) is 1. The molecule has 0 fully saturated rings. The number of ether oxygens (including phenoxy) is 1. The van der Waals surface area contributed by atoms with Crippen LogP contribution in [0.2, 0.25) is 0 Å². The second-order valence-corrected chi connectivity index (χ2v) is 5.77. The van der Waals surface area contributed by atoms with Crippen molar-refractivity contribution in [2.45, 2.75) is 29.7 Å². The van der Waals surface area contributed by atoms with Crippen LogP contribution in [0.3, 0.4) is 0 Å². The smallest absolute Gasteiger partial charge is 0.132 e. The van der Waals surface area contributed by atoms with Gasteiger partial charge in [-0.25, -0.2) is 4.39 Å². The average Bonchev–Trinajstić information content (AvgIpc) is 2.50. The maximum absolute atomic E-state index is 13.5. The minimum Gasteiger partial charge on any atom is -0.496 e. The standard InChI is InChI=1S/C17H20FNOS/c1-3-10-19-12-13-11-14(18)8-9-16(13)21-17-7-5-4-6-15(17)20-2/h4-9,11,19H,3,10,12H2,1-2H3. The van der Waals surface area contributed by atoms with Gasteiger partial charge in [0.25, 0.3) is 0 Å². The fourth-order valence-corrected chi connectivity index (χ4v) is 3.04. The van der Waals surface area contributed by atoms with E-state index in [0.29, 0.717) is 6.54 Å². The van der Waals surface area contributed by atoms with Gasteiger partial charge in [0, 0.05) is 11.4 Å². The van der Waals surface area contributed by atoms with Crippen molar-refractivity contribution >= 4 is 11.8 Å². The SMILES string of the molecule is CCCNCc1cc(F)ccc1Sc1ccccc1OC. The second kappa shape index (κ2) is 8.05. The van der Waals surface area contributed by atoms with Gasteiger partial charge >= 0.3 is 0 Å². The highest BCUT2D eigenvalue weighted by Gasteiger charge is 2.09. The molecule has 1 N–H and O–H groups in total. The van der Waals surface area contributed by atoms with Crippen molar-refractivity contribution in [3.8, 4) is 5.75 Å². The molecule has 0 amide bonds. The molecule has 0 atom stereocenters. The predicted octanol–water partition coefficient (Wildman–Crippen LogP) is 4.49. The Labute approximate surface area is 129 Å². The van der Waals surface area contributed by atoms with Crippen LogP contribution >= 0.6 is 11.8 Å². The van der Waals surface area contributed by atoms with E-state index in [4.69, 9.17) is 4.74 Å². The molecule has 2 rings (SSSR count). The number of para-hydroxylation sites is 1. The van der Waals surface area contributed by atoms with Crippen molar-refractivity contribution in [1.29, 1.82) is 0 Å². The fraction of sp³-hybridized carbons (Fsp3) is 0.294. The number of rotatable bonds is 7. The maximum Gasteiger partial charge on any atom is 0.132 e. The lowest BCUT2D eigenvalue weighted by Gasteiger charge is -2.12. The van der Waals surface area contributed by atoms with Crippen molar-refractivity contribution in [2.75, 3.05) is 13.7 Å². The molecular weight excluding hydrogens is 285 g/mol. The van der Waals surface area contributed by atoms with Gasteiger partial charge in [0.15, 0.2) is 0 Å². The summed E-state index contributed by atoms with van der Waals surface area (Å²) in [5.74, 6) is 0.631. The van der Waals surface area contributed by atoms with Gasteiger partial charge in [-0.1, -0.05) is 30.8 Å². The highest BCUT2D eigenvalue weighted by molar-refractivity contribution is 7.99. The Hall–Kier alpha value is -1.52. The van der Waals surface area contributed by atoms with Crippen molar-refractivity contribution in [3.05, 3.63) is 53.8 Å². The lowest BCUT2D eigenvalue weighted by atomic mass is 10.2. The van der Waals surface area contributed by atoms with Crippen LogP contribution in [-0.2, 0) is 6.54 Å². The Morgan fingerprint density at radius 2 is 1.95 bits per heavy atom. The molecule has 2 aromatic rings. The third-order valence-corrected chi connectivity index (χ3v) is 4.23. The summed E-state index contributed by atoms with van der Waals surface area (Å²) < 4.78 is 18.8. The van der Waals surface area contributed by atoms with Crippen molar-refractivity contribution < 1.29 is 9.13 Å². The molecule has 0 bridgehead atoms. The zero-order valence-corrected chi connectivity index (χ0v) is 13.2. The van der Waals surface area contributed by atoms with Gasteiger partial charge in [-0.05, 0) is 48.9 Å². The number of methoxy groups -OCH3 is 1. The Balaban J connectivity index is 2.22. The van der Waals surface area contributed by atoms with Gasteiger partial charge in [-0.3, -0.25) is 0 Å². The zero-order valence-electron chi connectivity index (χ0n) is 12.4. The molecule has 0 unspecified atom stereocenters. The van der Waals surface area contributed by atoms with Crippen molar-refractivity contribution in [1.82, 2.24) is 5.32 Å². The van der Waals surface area contributed by atoms with Gasteiger partial charge in [0.1, 0.15) is 11.6 Å². The summed E-state index contributed by atoms with van der Waals surface area (Å²) in [6.45, 7) is 3.71.